The first-order chi connectivity index (χ1) is 14.6. The summed E-state index contributed by atoms with van der Waals surface area (Å²) in [5.74, 6) is 1.73. The molecule has 1 atom stereocenters. The summed E-state index contributed by atoms with van der Waals surface area (Å²) in [6, 6.07) is 25.5. The summed E-state index contributed by atoms with van der Waals surface area (Å²) >= 11 is 0. The smallest absolute Gasteiger partial charge is 0.119 e. The minimum absolute atomic E-state index is 0.248. The van der Waals surface area contributed by atoms with Crippen molar-refractivity contribution in [3.63, 3.8) is 0 Å². The summed E-state index contributed by atoms with van der Waals surface area (Å²) in [5, 5.41) is 8.87. The predicted octanol–water partition coefficient (Wildman–Crippen LogP) is 5.90. The van der Waals surface area contributed by atoms with E-state index in [1.165, 1.54) is 22.3 Å². The van der Waals surface area contributed by atoms with Crippen LogP contribution >= 0.6 is 0 Å². The van der Waals surface area contributed by atoms with Crippen LogP contribution in [0.5, 0.6) is 11.5 Å². The van der Waals surface area contributed by atoms with Crippen molar-refractivity contribution in [2.75, 3.05) is 20.3 Å². The van der Waals surface area contributed by atoms with Crippen LogP contribution in [0.25, 0.3) is 0 Å². The third-order valence-electron chi connectivity index (χ3n) is 5.80. The lowest BCUT2D eigenvalue weighted by molar-refractivity contribution is 0.266. The van der Waals surface area contributed by atoms with Crippen molar-refractivity contribution < 1.29 is 14.6 Å². The third kappa shape index (κ3) is 5.03. The average Bonchev–Trinajstić information content (AvgIpc) is 2.79. The number of unbranched alkanes of at least 4 members (excludes halogenated alkanes) is 2. The molecule has 0 aliphatic rings. The molecule has 0 bridgehead atoms. The van der Waals surface area contributed by atoms with Crippen molar-refractivity contribution in [3.05, 3.63) is 95.1 Å². The minimum Gasteiger partial charge on any atom is -0.497 e. The van der Waals surface area contributed by atoms with Crippen molar-refractivity contribution >= 4 is 0 Å². The van der Waals surface area contributed by atoms with Crippen LogP contribution in [-0.2, 0) is 5.41 Å². The van der Waals surface area contributed by atoms with Gasteiger partial charge in [0.2, 0.25) is 0 Å². The molecule has 3 heteroatoms. The van der Waals surface area contributed by atoms with Gasteiger partial charge in [-0.2, -0.15) is 0 Å². The Labute approximate surface area is 180 Å². The molecule has 0 amide bonds. The van der Waals surface area contributed by atoms with Gasteiger partial charge in [0.25, 0.3) is 0 Å². The summed E-state index contributed by atoms with van der Waals surface area (Å²) < 4.78 is 11.2. The second kappa shape index (κ2) is 10.3. The molecular weight excluding hydrogens is 372 g/mol. The Balaban J connectivity index is 1.89. The number of methoxy groups -OCH3 is 1. The standard InChI is InChI=1S/C27H32O3/c1-21-7-9-22(10-8-21)27(2,23-11-15-25(29-3)16-12-23)24-13-17-26(18-14-24)30-20-6-4-5-19-28/h7-18,28H,4-6,19-20H2,1-3H3. The lowest BCUT2D eigenvalue weighted by Gasteiger charge is -2.32. The number of hydrogen-bond acceptors (Lipinski definition) is 3. The van der Waals surface area contributed by atoms with Crippen LogP contribution in [0, 0.1) is 6.92 Å². The molecule has 3 nitrogen and oxygen atoms in total. The molecule has 0 fully saturated rings. The second-order valence-corrected chi connectivity index (χ2v) is 7.88. The first-order valence-electron chi connectivity index (χ1n) is 10.6. The van der Waals surface area contributed by atoms with Gasteiger partial charge in [0.1, 0.15) is 11.5 Å². The molecule has 0 radical (unpaired) electrons. The highest BCUT2D eigenvalue weighted by Crippen LogP contribution is 2.40. The SMILES string of the molecule is COc1ccc(C(C)(c2ccc(C)cc2)c2ccc(OCCCCCO)cc2)cc1. The van der Waals surface area contributed by atoms with Crippen molar-refractivity contribution in [2.24, 2.45) is 0 Å². The molecule has 0 heterocycles. The van der Waals surface area contributed by atoms with E-state index in [1.54, 1.807) is 7.11 Å². The topological polar surface area (TPSA) is 38.7 Å². The maximum absolute atomic E-state index is 8.87. The Kier molecular flexibility index (Phi) is 7.53. The molecule has 0 aliphatic heterocycles. The van der Waals surface area contributed by atoms with E-state index < -0.39 is 0 Å². The molecule has 1 unspecified atom stereocenters. The van der Waals surface area contributed by atoms with Gasteiger partial charge in [0.05, 0.1) is 13.7 Å². The van der Waals surface area contributed by atoms with Crippen LogP contribution in [0.1, 0.15) is 48.4 Å². The zero-order chi connectivity index (χ0) is 21.4. The minimum atomic E-state index is -0.292. The molecule has 3 rings (SSSR count). The highest BCUT2D eigenvalue weighted by Gasteiger charge is 2.31. The molecule has 1 N–H and O–H groups in total. The molecule has 158 valence electrons. The van der Waals surface area contributed by atoms with E-state index in [2.05, 4.69) is 74.5 Å². The first-order valence-corrected chi connectivity index (χ1v) is 10.6. The molecule has 3 aromatic rings. The second-order valence-electron chi connectivity index (χ2n) is 7.88. The number of aliphatic hydroxyl groups excluding tert-OH is 1. The van der Waals surface area contributed by atoms with E-state index in [4.69, 9.17) is 14.6 Å². The van der Waals surface area contributed by atoms with Crippen LogP contribution < -0.4 is 9.47 Å². The Morgan fingerprint density at radius 1 is 0.700 bits per heavy atom. The van der Waals surface area contributed by atoms with Crippen LogP contribution in [0.4, 0.5) is 0 Å². The number of aliphatic hydroxyl groups is 1. The Hall–Kier alpha value is -2.78. The van der Waals surface area contributed by atoms with Crippen LogP contribution in [0.15, 0.2) is 72.8 Å². The van der Waals surface area contributed by atoms with Gasteiger partial charge in [0, 0.05) is 12.0 Å². The number of benzene rings is 3. The first kappa shape index (κ1) is 21.9. The monoisotopic (exact) mass is 404 g/mol. The van der Waals surface area contributed by atoms with Crippen LogP contribution in [0.2, 0.25) is 0 Å². The van der Waals surface area contributed by atoms with E-state index in [1.807, 2.05) is 12.1 Å². The number of rotatable bonds is 10. The van der Waals surface area contributed by atoms with Gasteiger partial charge in [-0.3, -0.25) is 0 Å². The average molecular weight is 405 g/mol. The van der Waals surface area contributed by atoms with Gasteiger partial charge in [-0.15, -0.1) is 0 Å². The summed E-state index contributed by atoms with van der Waals surface area (Å²) in [7, 11) is 1.69. The fraction of sp³-hybridized carbons (Fsp3) is 0.333. The quantitative estimate of drug-likeness (QED) is 0.338. The number of hydrogen-bond donors (Lipinski definition) is 1. The van der Waals surface area contributed by atoms with Gasteiger partial charge < -0.3 is 14.6 Å². The van der Waals surface area contributed by atoms with E-state index in [0.29, 0.717) is 6.61 Å². The number of aryl methyl sites for hydroxylation is 1. The van der Waals surface area contributed by atoms with E-state index in [9.17, 15) is 0 Å². The molecule has 0 saturated carbocycles. The summed E-state index contributed by atoms with van der Waals surface area (Å²) in [4.78, 5) is 0. The highest BCUT2D eigenvalue weighted by atomic mass is 16.5. The summed E-state index contributed by atoms with van der Waals surface area (Å²) in [5.41, 5.74) is 4.63. The van der Waals surface area contributed by atoms with Crippen molar-refractivity contribution in [3.8, 4) is 11.5 Å². The van der Waals surface area contributed by atoms with Crippen LogP contribution in [0.3, 0.4) is 0 Å². The normalized spacial score (nSPS) is 12.9. The Morgan fingerprint density at radius 2 is 1.20 bits per heavy atom. The zero-order valence-corrected chi connectivity index (χ0v) is 18.2. The zero-order valence-electron chi connectivity index (χ0n) is 18.2. The summed E-state index contributed by atoms with van der Waals surface area (Å²) in [6.07, 6.45) is 2.77. The van der Waals surface area contributed by atoms with Gasteiger partial charge in [0.15, 0.2) is 0 Å². The molecular formula is C27H32O3. The Morgan fingerprint density at radius 3 is 1.70 bits per heavy atom. The maximum Gasteiger partial charge on any atom is 0.119 e. The van der Waals surface area contributed by atoms with Crippen molar-refractivity contribution in [1.29, 1.82) is 0 Å². The fourth-order valence-corrected chi connectivity index (χ4v) is 3.78. The summed E-state index contributed by atoms with van der Waals surface area (Å²) in [6.45, 7) is 5.30. The van der Waals surface area contributed by atoms with Gasteiger partial charge in [-0.1, -0.05) is 54.1 Å². The lowest BCUT2D eigenvalue weighted by atomic mass is 9.71. The van der Waals surface area contributed by atoms with Gasteiger partial charge in [-0.25, -0.2) is 0 Å². The number of ether oxygens (including phenoxy) is 2. The fourth-order valence-electron chi connectivity index (χ4n) is 3.78. The van der Waals surface area contributed by atoms with Crippen molar-refractivity contribution in [1.82, 2.24) is 0 Å². The molecule has 0 spiro atoms. The maximum atomic E-state index is 8.87. The molecule has 3 aromatic carbocycles. The highest BCUT2D eigenvalue weighted by molar-refractivity contribution is 5.51. The molecule has 0 saturated heterocycles. The molecule has 0 aromatic heterocycles. The molecule has 30 heavy (non-hydrogen) atoms. The largest absolute Gasteiger partial charge is 0.497 e. The van der Waals surface area contributed by atoms with E-state index in [0.717, 1.165) is 30.8 Å². The van der Waals surface area contributed by atoms with Gasteiger partial charge in [-0.05, 0) is 74.1 Å². The van der Waals surface area contributed by atoms with Crippen LogP contribution in [-0.4, -0.2) is 25.4 Å². The molecule has 0 aliphatic carbocycles. The van der Waals surface area contributed by atoms with Crippen molar-refractivity contribution in [2.45, 2.75) is 38.5 Å². The predicted molar refractivity (Wildman–Crippen MR) is 123 cm³/mol. The Bertz CT molecular complexity index is 898. The van der Waals surface area contributed by atoms with E-state index in [-0.39, 0.29) is 12.0 Å². The van der Waals surface area contributed by atoms with Gasteiger partial charge >= 0.3 is 0 Å². The third-order valence-corrected chi connectivity index (χ3v) is 5.80. The van der Waals surface area contributed by atoms with E-state index >= 15 is 0 Å². The lowest BCUT2D eigenvalue weighted by Crippen LogP contribution is -2.25.